The number of nitrogens with one attached hydrogen (secondary N) is 1. The summed E-state index contributed by atoms with van der Waals surface area (Å²) in [5.74, 6) is 0.370. The molecule has 0 unspecified atom stereocenters. The van der Waals surface area contributed by atoms with Crippen LogP contribution in [0, 0.1) is 5.92 Å². The molecule has 0 saturated carbocycles. The van der Waals surface area contributed by atoms with Gasteiger partial charge in [0.1, 0.15) is 4.62 Å². The maximum absolute atomic E-state index is 4.08. The van der Waals surface area contributed by atoms with Gasteiger partial charge in [-0.15, -0.1) is 0 Å². The Hall–Kier alpha value is -0.0900. The van der Waals surface area contributed by atoms with Gasteiger partial charge in [-0.05, 0) is 15.9 Å². The molecule has 1 aliphatic carbocycles. The van der Waals surface area contributed by atoms with Gasteiger partial charge in [0, 0.05) is 4.48 Å². The van der Waals surface area contributed by atoms with Crippen LogP contribution in [0.25, 0.3) is 0 Å². The maximum Gasteiger partial charge on any atom is 0.112 e. The van der Waals surface area contributed by atoms with Crippen LogP contribution in [0.1, 0.15) is 0 Å². The zero-order valence-electron chi connectivity index (χ0n) is 5.59. The molecular weight excluding hydrogens is 272 g/mol. The molecule has 0 saturated heterocycles. The van der Waals surface area contributed by atoms with Gasteiger partial charge in [0.15, 0.2) is 0 Å². The molecule has 0 aromatic rings. The van der Waals surface area contributed by atoms with E-state index in [0.717, 1.165) is 9.10 Å². The van der Waals surface area contributed by atoms with Gasteiger partial charge in [0.25, 0.3) is 0 Å². The lowest BCUT2D eigenvalue weighted by molar-refractivity contribution is 0.621. The van der Waals surface area contributed by atoms with E-state index in [0.29, 0.717) is 12.0 Å². The van der Waals surface area contributed by atoms with E-state index >= 15 is 0 Å². The first-order chi connectivity index (χ1) is 5.27. The summed E-state index contributed by atoms with van der Waals surface area (Å²) < 4.78 is 2.10. The van der Waals surface area contributed by atoms with Crippen LogP contribution in [0.15, 0.2) is 27.8 Å². The Balaban J connectivity index is 2.29. The predicted molar refractivity (Wildman–Crippen MR) is 52.9 cm³/mol. The summed E-state index contributed by atoms with van der Waals surface area (Å²) in [4.78, 5) is 0. The zero-order valence-corrected chi connectivity index (χ0v) is 8.76. The van der Waals surface area contributed by atoms with Crippen molar-refractivity contribution in [3.8, 4) is 0 Å². The zero-order chi connectivity index (χ0) is 7.84. The molecule has 0 bridgehead atoms. The molecule has 58 valence electrons. The minimum atomic E-state index is 0.339. The second-order valence-electron chi connectivity index (χ2n) is 2.53. The average molecular weight is 278 g/mol. The summed E-state index contributed by atoms with van der Waals surface area (Å²) in [6.45, 7) is 0. The Morgan fingerprint density at radius 1 is 1.45 bits per heavy atom. The molecule has 1 heterocycles. The highest BCUT2D eigenvalue weighted by atomic mass is 79.9. The van der Waals surface area contributed by atoms with Crippen molar-refractivity contribution in [2.24, 2.45) is 11.0 Å². The molecule has 1 aliphatic heterocycles. The summed E-state index contributed by atoms with van der Waals surface area (Å²) in [7, 11) is 0. The van der Waals surface area contributed by atoms with E-state index in [2.05, 4.69) is 54.5 Å². The van der Waals surface area contributed by atoms with Gasteiger partial charge in [-0.1, -0.05) is 34.2 Å². The number of fused-ring (bicyclic) bond motifs is 1. The number of hydrogen-bond acceptors (Lipinski definition) is 2. The molecule has 2 rings (SSSR count). The number of hydrogen-bond donors (Lipinski definition) is 1. The van der Waals surface area contributed by atoms with Crippen molar-refractivity contribution in [2.45, 2.75) is 6.04 Å². The van der Waals surface area contributed by atoms with Crippen molar-refractivity contribution in [3.05, 3.63) is 22.7 Å². The number of hydrazone groups is 1. The van der Waals surface area contributed by atoms with Crippen molar-refractivity contribution in [1.29, 1.82) is 0 Å². The molecule has 11 heavy (non-hydrogen) atoms. The van der Waals surface area contributed by atoms with Crippen molar-refractivity contribution in [2.75, 3.05) is 0 Å². The summed E-state index contributed by atoms with van der Waals surface area (Å²) in [5.41, 5.74) is 3.02. The average Bonchev–Trinajstić information content (AvgIpc) is 2.33. The van der Waals surface area contributed by atoms with Gasteiger partial charge in [-0.3, -0.25) is 0 Å². The van der Waals surface area contributed by atoms with Gasteiger partial charge in [0.2, 0.25) is 0 Å². The van der Waals surface area contributed by atoms with Crippen LogP contribution in [-0.2, 0) is 0 Å². The molecule has 2 atom stereocenters. The van der Waals surface area contributed by atoms with E-state index < -0.39 is 0 Å². The SMILES string of the molecule is BrC1=C[C@H]2C(Br)=NN[C@@H]2C=C1. The molecule has 0 spiro atoms. The lowest BCUT2D eigenvalue weighted by atomic mass is 9.98. The smallest absolute Gasteiger partial charge is 0.112 e. The van der Waals surface area contributed by atoms with Gasteiger partial charge >= 0.3 is 0 Å². The third-order valence-electron chi connectivity index (χ3n) is 1.78. The minimum absolute atomic E-state index is 0.339. The second-order valence-corrected chi connectivity index (χ2v) is 4.25. The summed E-state index contributed by atoms with van der Waals surface area (Å²) >= 11 is 6.82. The standard InChI is InChI=1S/C7H6Br2N2/c8-4-1-2-6-5(3-4)7(9)11-10-6/h1-3,5-6,10H/t5-,6-/m1/s1. The van der Waals surface area contributed by atoms with E-state index in [4.69, 9.17) is 0 Å². The third kappa shape index (κ3) is 1.29. The normalized spacial score (nSPS) is 34.0. The van der Waals surface area contributed by atoms with Crippen molar-refractivity contribution in [1.82, 2.24) is 5.43 Å². The molecule has 4 heteroatoms. The summed E-state index contributed by atoms with van der Waals surface area (Å²) in [6.07, 6.45) is 6.28. The monoisotopic (exact) mass is 276 g/mol. The van der Waals surface area contributed by atoms with Crippen LogP contribution in [0.4, 0.5) is 0 Å². The fourth-order valence-corrected chi connectivity index (χ4v) is 2.15. The Kier molecular flexibility index (Phi) is 1.89. The van der Waals surface area contributed by atoms with Gasteiger partial charge in [0.05, 0.1) is 12.0 Å². The number of allylic oxidation sites excluding steroid dienone is 2. The van der Waals surface area contributed by atoms with E-state index in [-0.39, 0.29) is 0 Å². The fraction of sp³-hybridized carbons (Fsp3) is 0.286. The van der Waals surface area contributed by atoms with Crippen molar-refractivity contribution in [3.63, 3.8) is 0 Å². The summed E-state index contributed by atoms with van der Waals surface area (Å²) in [5, 5.41) is 4.08. The molecule has 2 aliphatic rings. The highest BCUT2D eigenvalue weighted by Gasteiger charge is 2.28. The number of rotatable bonds is 0. The first-order valence-electron chi connectivity index (χ1n) is 3.31. The fourth-order valence-electron chi connectivity index (χ4n) is 1.20. The molecular formula is C7H6Br2N2. The lowest BCUT2D eigenvalue weighted by Gasteiger charge is -2.15. The Morgan fingerprint density at radius 3 is 3.09 bits per heavy atom. The van der Waals surface area contributed by atoms with Crippen molar-refractivity contribution < 1.29 is 0 Å². The minimum Gasteiger partial charge on any atom is -0.301 e. The van der Waals surface area contributed by atoms with Crippen molar-refractivity contribution >= 4 is 36.5 Å². The van der Waals surface area contributed by atoms with Crippen LogP contribution in [0.5, 0.6) is 0 Å². The molecule has 0 fully saturated rings. The Bertz CT molecular complexity index is 268. The number of halogens is 2. The second kappa shape index (κ2) is 2.75. The van der Waals surface area contributed by atoms with E-state index in [9.17, 15) is 0 Å². The molecule has 0 aromatic heterocycles. The van der Waals surface area contributed by atoms with E-state index in [1.165, 1.54) is 0 Å². The topological polar surface area (TPSA) is 24.4 Å². The molecule has 0 radical (unpaired) electrons. The first kappa shape index (κ1) is 7.55. The third-order valence-corrected chi connectivity index (χ3v) is 3.02. The van der Waals surface area contributed by atoms with Crippen LogP contribution in [0.2, 0.25) is 0 Å². The molecule has 0 aromatic carbocycles. The van der Waals surface area contributed by atoms with E-state index in [1.54, 1.807) is 0 Å². The predicted octanol–water partition coefficient (Wildman–Crippen LogP) is 2.13. The summed E-state index contributed by atoms with van der Waals surface area (Å²) in [6, 6.07) is 0.339. The highest BCUT2D eigenvalue weighted by Crippen LogP contribution is 2.27. The molecule has 2 nitrogen and oxygen atoms in total. The van der Waals surface area contributed by atoms with Gasteiger partial charge in [-0.2, -0.15) is 5.10 Å². The first-order valence-corrected chi connectivity index (χ1v) is 4.90. The maximum atomic E-state index is 4.08. The van der Waals surface area contributed by atoms with Crippen LogP contribution in [0.3, 0.4) is 0 Å². The Morgan fingerprint density at radius 2 is 2.27 bits per heavy atom. The van der Waals surface area contributed by atoms with Gasteiger partial charge in [-0.25, -0.2) is 0 Å². The largest absolute Gasteiger partial charge is 0.301 e. The quantitative estimate of drug-likeness (QED) is 0.721. The lowest BCUT2D eigenvalue weighted by Crippen LogP contribution is -2.26. The van der Waals surface area contributed by atoms with Gasteiger partial charge < -0.3 is 5.43 Å². The Labute approximate surface area is 81.7 Å². The van der Waals surface area contributed by atoms with Crippen LogP contribution < -0.4 is 5.43 Å². The molecule has 1 N–H and O–H groups in total. The number of nitrogens with zero attached hydrogens (tertiary/aromatic N) is 1. The van der Waals surface area contributed by atoms with E-state index in [1.807, 2.05) is 6.08 Å². The van der Waals surface area contributed by atoms with Crippen LogP contribution >= 0.6 is 31.9 Å². The highest BCUT2D eigenvalue weighted by molar-refractivity contribution is 9.18. The van der Waals surface area contributed by atoms with Crippen LogP contribution in [-0.4, -0.2) is 10.7 Å². The molecule has 0 amide bonds.